The molecule has 4 nitrogen and oxygen atoms in total. The molecule has 1 aliphatic heterocycles. The van der Waals surface area contributed by atoms with Gasteiger partial charge in [-0.2, -0.15) is 0 Å². The number of benzene rings is 1. The average Bonchev–Trinajstić information content (AvgIpc) is 2.40. The summed E-state index contributed by atoms with van der Waals surface area (Å²) >= 11 is 5.72. The number of amides is 2. The Morgan fingerprint density at radius 3 is 2.76 bits per heavy atom. The lowest BCUT2D eigenvalue weighted by molar-refractivity contribution is -0.146. The smallest absolute Gasteiger partial charge is 0.243 e. The number of nitrogens with zero attached hydrogens (tertiary/aromatic N) is 1. The van der Waals surface area contributed by atoms with Crippen LogP contribution in [-0.2, 0) is 16.1 Å². The van der Waals surface area contributed by atoms with Crippen molar-refractivity contribution in [2.45, 2.75) is 32.9 Å². The summed E-state index contributed by atoms with van der Waals surface area (Å²) in [7, 11) is 0. The summed E-state index contributed by atoms with van der Waals surface area (Å²) < 4.78 is 13.9. The minimum atomic E-state index is -0.554. The molecule has 1 atom stereocenters. The molecule has 1 aromatic carbocycles. The predicted octanol–water partition coefficient (Wildman–Crippen LogP) is 2.35. The number of carbonyl (C=O) groups is 2. The monoisotopic (exact) mass is 312 g/mol. The number of piperazine rings is 1. The second-order valence-electron chi connectivity index (χ2n) is 5.62. The topological polar surface area (TPSA) is 49.4 Å². The van der Waals surface area contributed by atoms with Gasteiger partial charge in [-0.3, -0.25) is 9.59 Å². The van der Waals surface area contributed by atoms with Crippen LogP contribution in [0.15, 0.2) is 18.2 Å². The van der Waals surface area contributed by atoms with Crippen molar-refractivity contribution in [2.75, 3.05) is 6.54 Å². The van der Waals surface area contributed by atoms with E-state index < -0.39 is 11.9 Å². The molecule has 2 amide bonds. The normalized spacial score (nSPS) is 19.1. The van der Waals surface area contributed by atoms with Gasteiger partial charge in [0, 0.05) is 17.1 Å². The van der Waals surface area contributed by atoms with Gasteiger partial charge in [-0.1, -0.05) is 31.5 Å². The highest BCUT2D eigenvalue weighted by molar-refractivity contribution is 6.30. The quantitative estimate of drug-likeness (QED) is 0.928. The van der Waals surface area contributed by atoms with E-state index in [-0.39, 0.29) is 30.8 Å². The summed E-state index contributed by atoms with van der Waals surface area (Å²) in [4.78, 5) is 25.5. The first kappa shape index (κ1) is 15.8. The summed E-state index contributed by atoms with van der Waals surface area (Å²) in [6.07, 6.45) is 0.548. The van der Waals surface area contributed by atoms with Gasteiger partial charge in [0.05, 0.1) is 6.54 Å². The third kappa shape index (κ3) is 3.73. The molecule has 114 valence electrons. The van der Waals surface area contributed by atoms with E-state index in [2.05, 4.69) is 5.32 Å². The van der Waals surface area contributed by atoms with Crippen LogP contribution in [0.5, 0.6) is 0 Å². The van der Waals surface area contributed by atoms with Crippen molar-refractivity contribution in [1.29, 1.82) is 0 Å². The molecule has 2 rings (SSSR count). The molecule has 1 heterocycles. The van der Waals surface area contributed by atoms with Crippen LogP contribution in [0.1, 0.15) is 25.8 Å². The SMILES string of the molecule is CC(C)CC1C(=O)NCC(=O)N1Cc1ccc(Cl)cc1F. The maximum atomic E-state index is 13.9. The van der Waals surface area contributed by atoms with Crippen molar-refractivity contribution in [3.05, 3.63) is 34.6 Å². The molecule has 0 aromatic heterocycles. The maximum absolute atomic E-state index is 13.9. The lowest BCUT2D eigenvalue weighted by Crippen LogP contribution is -2.58. The first-order chi connectivity index (χ1) is 9.88. The summed E-state index contributed by atoms with van der Waals surface area (Å²) in [5.74, 6) is -0.596. The van der Waals surface area contributed by atoms with Crippen LogP contribution < -0.4 is 5.32 Å². The third-order valence-corrected chi connectivity index (χ3v) is 3.70. The first-order valence-electron chi connectivity index (χ1n) is 6.89. The number of halogens is 2. The molecule has 0 aliphatic carbocycles. The van der Waals surface area contributed by atoms with Gasteiger partial charge in [-0.05, 0) is 24.5 Å². The molecule has 0 radical (unpaired) electrons. The largest absolute Gasteiger partial charge is 0.345 e. The number of hydrogen-bond acceptors (Lipinski definition) is 2. The van der Waals surface area contributed by atoms with Crippen LogP contribution in [0, 0.1) is 11.7 Å². The molecule has 0 bridgehead atoms. The minimum Gasteiger partial charge on any atom is -0.345 e. The van der Waals surface area contributed by atoms with E-state index in [0.29, 0.717) is 17.0 Å². The fraction of sp³-hybridized carbons (Fsp3) is 0.467. The lowest BCUT2D eigenvalue weighted by atomic mass is 9.99. The highest BCUT2D eigenvalue weighted by Gasteiger charge is 2.35. The Kier molecular flexibility index (Phi) is 4.83. The van der Waals surface area contributed by atoms with E-state index in [1.54, 1.807) is 12.1 Å². The minimum absolute atomic E-state index is 0.0391. The van der Waals surface area contributed by atoms with E-state index in [1.807, 2.05) is 13.8 Å². The zero-order valence-electron chi connectivity index (χ0n) is 12.0. The van der Waals surface area contributed by atoms with Gasteiger partial charge >= 0.3 is 0 Å². The van der Waals surface area contributed by atoms with Gasteiger partial charge in [0.2, 0.25) is 11.8 Å². The number of hydrogen-bond donors (Lipinski definition) is 1. The van der Waals surface area contributed by atoms with Crippen molar-refractivity contribution in [3.63, 3.8) is 0 Å². The van der Waals surface area contributed by atoms with E-state index in [9.17, 15) is 14.0 Å². The Bertz CT molecular complexity index is 563. The van der Waals surface area contributed by atoms with Crippen LogP contribution >= 0.6 is 11.6 Å². The Balaban J connectivity index is 2.24. The molecule has 0 saturated carbocycles. The molecule has 21 heavy (non-hydrogen) atoms. The van der Waals surface area contributed by atoms with Crippen molar-refractivity contribution < 1.29 is 14.0 Å². The molecule has 6 heteroatoms. The van der Waals surface area contributed by atoms with Crippen LogP contribution in [-0.4, -0.2) is 29.3 Å². The first-order valence-corrected chi connectivity index (χ1v) is 7.27. The average molecular weight is 313 g/mol. The van der Waals surface area contributed by atoms with Gasteiger partial charge in [-0.15, -0.1) is 0 Å². The number of nitrogens with one attached hydrogen (secondary N) is 1. The lowest BCUT2D eigenvalue weighted by Gasteiger charge is -2.36. The van der Waals surface area contributed by atoms with E-state index >= 15 is 0 Å². The zero-order valence-corrected chi connectivity index (χ0v) is 12.8. The fourth-order valence-corrected chi connectivity index (χ4v) is 2.57. The number of carbonyl (C=O) groups excluding carboxylic acids is 2. The van der Waals surface area contributed by atoms with E-state index in [4.69, 9.17) is 11.6 Å². The second-order valence-corrected chi connectivity index (χ2v) is 6.06. The fourth-order valence-electron chi connectivity index (χ4n) is 2.41. The third-order valence-electron chi connectivity index (χ3n) is 3.46. The van der Waals surface area contributed by atoms with Gasteiger partial charge < -0.3 is 10.2 Å². The van der Waals surface area contributed by atoms with E-state index in [1.165, 1.54) is 11.0 Å². The molecule has 1 N–H and O–H groups in total. The Labute approximate surface area is 128 Å². The van der Waals surface area contributed by atoms with Crippen LogP contribution in [0.2, 0.25) is 5.02 Å². The van der Waals surface area contributed by atoms with Gasteiger partial charge in [0.15, 0.2) is 0 Å². The predicted molar refractivity (Wildman–Crippen MR) is 78.2 cm³/mol. The summed E-state index contributed by atoms with van der Waals surface area (Å²) in [6.45, 7) is 4.00. The van der Waals surface area contributed by atoms with Crippen LogP contribution in [0.3, 0.4) is 0 Å². The van der Waals surface area contributed by atoms with Gasteiger partial charge in [0.1, 0.15) is 11.9 Å². The molecule has 1 aromatic rings. The molecule has 1 aliphatic rings. The summed E-state index contributed by atoms with van der Waals surface area (Å²) in [5.41, 5.74) is 0.358. The van der Waals surface area contributed by atoms with Crippen LogP contribution in [0.25, 0.3) is 0 Å². The Hall–Kier alpha value is -1.62. The molecule has 1 saturated heterocycles. The van der Waals surface area contributed by atoms with Crippen molar-refractivity contribution in [1.82, 2.24) is 10.2 Å². The Morgan fingerprint density at radius 2 is 2.14 bits per heavy atom. The van der Waals surface area contributed by atoms with Gasteiger partial charge in [0.25, 0.3) is 0 Å². The van der Waals surface area contributed by atoms with Crippen molar-refractivity contribution >= 4 is 23.4 Å². The standard InChI is InChI=1S/C15H18ClFN2O2/c1-9(2)5-13-15(21)18-7-14(20)19(13)8-10-3-4-11(16)6-12(10)17/h3-4,6,9,13H,5,7-8H2,1-2H3,(H,18,21). The highest BCUT2D eigenvalue weighted by Crippen LogP contribution is 2.21. The summed E-state index contributed by atoms with van der Waals surface area (Å²) in [5, 5.41) is 2.89. The Morgan fingerprint density at radius 1 is 1.43 bits per heavy atom. The van der Waals surface area contributed by atoms with E-state index in [0.717, 1.165) is 0 Å². The zero-order chi connectivity index (χ0) is 15.6. The second kappa shape index (κ2) is 6.43. The van der Waals surface area contributed by atoms with Gasteiger partial charge in [-0.25, -0.2) is 4.39 Å². The van der Waals surface area contributed by atoms with Crippen molar-refractivity contribution in [3.8, 4) is 0 Å². The molecule has 0 spiro atoms. The molecule has 1 fully saturated rings. The van der Waals surface area contributed by atoms with Crippen molar-refractivity contribution in [2.24, 2.45) is 5.92 Å². The highest BCUT2D eigenvalue weighted by atomic mass is 35.5. The molecule has 1 unspecified atom stereocenters. The number of rotatable bonds is 4. The maximum Gasteiger partial charge on any atom is 0.243 e. The van der Waals surface area contributed by atoms with Crippen LogP contribution in [0.4, 0.5) is 4.39 Å². The molecular weight excluding hydrogens is 295 g/mol. The summed E-state index contributed by atoms with van der Waals surface area (Å²) in [6, 6.07) is 3.78. The molecular formula is C15H18ClFN2O2.